The lowest BCUT2D eigenvalue weighted by atomic mass is 10.2. The van der Waals surface area contributed by atoms with Crippen molar-refractivity contribution < 1.29 is 9.53 Å². The Kier molecular flexibility index (Phi) is 3.32. The molecule has 2 heterocycles. The summed E-state index contributed by atoms with van der Waals surface area (Å²) in [5, 5.41) is 7.21. The standard InChI is InChI=1S/C11H14ClN5O2/c1-11(2,3)19-10(18)15-7-6-5-13-17(4)8(6)16-9(12)14-7/h5H,1-4H3,(H,14,15,16,18). The second-order valence-electron chi connectivity index (χ2n) is 4.97. The number of nitrogens with zero attached hydrogens (tertiary/aromatic N) is 4. The van der Waals surface area contributed by atoms with Crippen LogP contribution in [0.1, 0.15) is 20.8 Å². The number of aryl methyl sites for hydroxylation is 1. The topological polar surface area (TPSA) is 81.9 Å². The molecule has 0 saturated carbocycles. The number of halogens is 1. The summed E-state index contributed by atoms with van der Waals surface area (Å²) >= 11 is 5.81. The molecule has 7 nitrogen and oxygen atoms in total. The molecule has 0 aliphatic heterocycles. The Morgan fingerprint density at radius 2 is 2.11 bits per heavy atom. The van der Waals surface area contributed by atoms with Crippen LogP contribution in [0.4, 0.5) is 10.6 Å². The summed E-state index contributed by atoms with van der Waals surface area (Å²) in [4.78, 5) is 19.7. The monoisotopic (exact) mass is 283 g/mol. The van der Waals surface area contributed by atoms with Crippen LogP contribution in [-0.4, -0.2) is 31.4 Å². The summed E-state index contributed by atoms with van der Waals surface area (Å²) in [7, 11) is 1.73. The first kappa shape index (κ1) is 13.5. The van der Waals surface area contributed by atoms with Gasteiger partial charge < -0.3 is 4.74 Å². The van der Waals surface area contributed by atoms with Gasteiger partial charge in [0, 0.05) is 7.05 Å². The van der Waals surface area contributed by atoms with Crippen LogP contribution < -0.4 is 5.32 Å². The highest BCUT2D eigenvalue weighted by Crippen LogP contribution is 2.22. The van der Waals surface area contributed by atoms with Crippen molar-refractivity contribution >= 4 is 34.5 Å². The van der Waals surface area contributed by atoms with Crippen LogP contribution in [0.2, 0.25) is 5.28 Å². The van der Waals surface area contributed by atoms with Gasteiger partial charge in [-0.1, -0.05) is 0 Å². The third kappa shape index (κ3) is 3.11. The van der Waals surface area contributed by atoms with E-state index in [1.807, 2.05) is 0 Å². The van der Waals surface area contributed by atoms with E-state index < -0.39 is 11.7 Å². The Labute approximate surface area is 114 Å². The van der Waals surface area contributed by atoms with E-state index in [0.29, 0.717) is 11.0 Å². The molecule has 0 saturated heterocycles. The minimum absolute atomic E-state index is 0.0298. The van der Waals surface area contributed by atoms with Crippen LogP contribution in [0, 0.1) is 0 Å². The molecule has 2 aromatic rings. The fourth-order valence-corrected chi connectivity index (χ4v) is 1.66. The molecule has 0 radical (unpaired) electrons. The van der Waals surface area contributed by atoms with Crippen molar-refractivity contribution in [1.82, 2.24) is 19.7 Å². The number of rotatable bonds is 1. The largest absolute Gasteiger partial charge is 0.444 e. The number of carbonyl (C=O) groups excluding carboxylic acids is 1. The number of amides is 1. The quantitative estimate of drug-likeness (QED) is 0.813. The first-order chi connectivity index (χ1) is 8.76. The number of anilines is 1. The van der Waals surface area contributed by atoms with Crippen LogP contribution in [0.3, 0.4) is 0 Å². The van der Waals surface area contributed by atoms with Gasteiger partial charge in [-0.3, -0.25) is 10.00 Å². The summed E-state index contributed by atoms with van der Waals surface area (Å²) in [6.07, 6.45) is 0.950. The number of fused-ring (bicyclic) bond motifs is 1. The van der Waals surface area contributed by atoms with E-state index >= 15 is 0 Å². The molecule has 0 unspecified atom stereocenters. The van der Waals surface area contributed by atoms with E-state index in [9.17, 15) is 4.79 Å². The predicted molar refractivity (Wildman–Crippen MR) is 71.2 cm³/mol. The van der Waals surface area contributed by atoms with Crippen molar-refractivity contribution in [3.63, 3.8) is 0 Å². The zero-order chi connectivity index (χ0) is 14.2. The average Bonchev–Trinajstić information content (AvgIpc) is 2.57. The van der Waals surface area contributed by atoms with Gasteiger partial charge in [0.2, 0.25) is 5.28 Å². The van der Waals surface area contributed by atoms with Gasteiger partial charge in [0.25, 0.3) is 0 Å². The lowest BCUT2D eigenvalue weighted by Gasteiger charge is -2.19. The van der Waals surface area contributed by atoms with Crippen LogP contribution in [0.25, 0.3) is 11.0 Å². The summed E-state index contributed by atoms with van der Waals surface area (Å²) in [5.41, 5.74) is -0.0549. The van der Waals surface area contributed by atoms with Crippen molar-refractivity contribution in [3.8, 4) is 0 Å². The Morgan fingerprint density at radius 1 is 1.42 bits per heavy atom. The van der Waals surface area contributed by atoms with Crippen LogP contribution in [0.15, 0.2) is 6.20 Å². The highest BCUT2D eigenvalue weighted by atomic mass is 35.5. The van der Waals surface area contributed by atoms with Gasteiger partial charge in [-0.25, -0.2) is 4.79 Å². The molecule has 19 heavy (non-hydrogen) atoms. The minimum Gasteiger partial charge on any atom is -0.444 e. The molecule has 0 aliphatic carbocycles. The average molecular weight is 284 g/mol. The summed E-state index contributed by atoms with van der Waals surface area (Å²) in [6.45, 7) is 5.33. The molecule has 0 spiro atoms. The summed E-state index contributed by atoms with van der Waals surface area (Å²) < 4.78 is 6.70. The molecule has 2 rings (SSSR count). The molecule has 1 N–H and O–H groups in total. The van der Waals surface area contributed by atoms with Crippen molar-refractivity contribution in [1.29, 1.82) is 0 Å². The number of carbonyl (C=O) groups is 1. The second-order valence-corrected chi connectivity index (χ2v) is 5.31. The van der Waals surface area contributed by atoms with Gasteiger partial charge in [-0.05, 0) is 32.4 Å². The first-order valence-corrected chi connectivity index (χ1v) is 5.99. The third-order valence-corrected chi connectivity index (χ3v) is 2.35. The Hall–Kier alpha value is -1.89. The fraction of sp³-hybridized carbons (Fsp3) is 0.455. The van der Waals surface area contributed by atoms with Gasteiger partial charge in [-0.2, -0.15) is 15.1 Å². The van der Waals surface area contributed by atoms with E-state index in [0.717, 1.165) is 0 Å². The van der Waals surface area contributed by atoms with Crippen molar-refractivity contribution in [2.75, 3.05) is 5.32 Å². The maximum absolute atomic E-state index is 11.7. The maximum atomic E-state index is 11.7. The zero-order valence-corrected chi connectivity index (χ0v) is 11.8. The van der Waals surface area contributed by atoms with Gasteiger partial charge in [0.1, 0.15) is 5.60 Å². The second kappa shape index (κ2) is 4.65. The molecule has 102 valence electrons. The minimum atomic E-state index is -0.604. The van der Waals surface area contributed by atoms with Crippen LogP contribution in [-0.2, 0) is 11.8 Å². The van der Waals surface area contributed by atoms with Gasteiger partial charge in [-0.15, -0.1) is 0 Å². The molecule has 0 atom stereocenters. The molecule has 1 amide bonds. The third-order valence-electron chi connectivity index (χ3n) is 2.18. The van der Waals surface area contributed by atoms with Crippen LogP contribution >= 0.6 is 11.6 Å². The molecular weight excluding hydrogens is 270 g/mol. The van der Waals surface area contributed by atoms with Gasteiger partial charge in [0.15, 0.2) is 11.5 Å². The predicted octanol–water partition coefficient (Wildman–Crippen LogP) is 2.36. The first-order valence-electron chi connectivity index (χ1n) is 5.61. The van der Waals surface area contributed by atoms with Gasteiger partial charge >= 0.3 is 6.09 Å². The number of aromatic nitrogens is 4. The van der Waals surface area contributed by atoms with Crippen molar-refractivity contribution in [2.45, 2.75) is 26.4 Å². The Bertz CT molecular complexity index is 632. The molecule has 0 aromatic carbocycles. The molecule has 0 fully saturated rings. The van der Waals surface area contributed by atoms with Gasteiger partial charge in [0.05, 0.1) is 11.6 Å². The van der Waals surface area contributed by atoms with Crippen molar-refractivity contribution in [2.24, 2.45) is 7.05 Å². The van der Waals surface area contributed by atoms with E-state index in [-0.39, 0.29) is 11.1 Å². The molecule has 0 aliphatic rings. The van der Waals surface area contributed by atoms with E-state index in [4.69, 9.17) is 16.3 Å². The Balaban J connectivity index is 2.33. The van der Waals surface area contributed by atoms with Crippen LogP contribution in [0.5, 0.6) is 0 Å². The fourth-order valence-electron chi connectivity index (χ4n) is 1.49. The van der Waals surface area contributed by atoms with E-state index in [1.54, 1.807) is 38.7 Å². The maximum Gasteiger partial charge on any atom is 0.413 e. The lowest BCUT2D eigenvalue weighted by Crippen LogP contribution is -2.27. The molecule has 8 heteroatoms. The smallest absolute Gasteiger partial charge is 0.413 e. The Morgan fingerprint density at radius 3 is 2.74 bits per heavy atom. The number of hydrogen-bond acceptors (Lipinski definition) is 5. The number of hydrogen-bond donors (Lipinski definition) is 1. The normalized spacial score (nSPS) is 11.6. The number of ether oxygens (including phenoxy) is 1. The highest BCUT2D eigenvalue weighted by molar-refractivity contribution is 6.28. The number of nitrogens with one attached hydrogen (secondary N) is 1. The zero-order valence-electron chi connectivity index (χ0n) is 11.1. The lowest BCUT2D eigenvalue weighted by molar-refractivity contribution is 0.0635. The summed E-state index contributed by atoms with van der Waals surface area (Å²) in [5.74, 6) is 0.275. The van der Waals surface area contributed by atoms with Crippen molar-refractivity contribution in [3.05, 3.63) is 11.5 Å². The van der Waals surface area contributed by atoms with E-state index in [2.05, 4.69) is 20.4 Å². The SMILES string of the molecule is Cn1ncc2c(NC(=O)OC(C)(C)C)nc(Cl)nc21. The molecule has 0 bridgehead atoms. The highest BCUT2D eigenvalue weighted by Gasteiger charge is 2.19. The van der Waals surface area contributed by atoms with E-state index in [1.165, 1.54) is 0 Å². The summed E-state index contributed by atoms with van der Waals surface area (Å²) in [6, 6.07) is 0. The molecular formula is C11H14ClN5O2. The molecule has 2 aromatic heterocycles.